The number of carbonyl (C=O) groups excluding carboxylic acids is 1. The van der Waals surface area contributed by atoms with E-state index >= 15 is 0 Å². The lowest BCUT2D eigenvalue weighted by Crippen LogP contribution is -2.55. The first-order valence-corrected chi connectivity index (χ1v) is 12.0. The minimum Gasteiger partial charge on any atom is -0.497 e. The number of hydrogen-bond acceptors (Lipinski definition) is 5. The molecule has 0 aromatic heterocycles. The van der Waals surface area contributed by atoms with Crippen molar-refractivity contribution >= 4 is 23.5 Å². The molecule has 4 atom stereocenters. The van der Waals surface area contributed by atoms with Gasteiger partial charge in [-0.25, -0.2) is 4.79 Å². The predicted molar refractivity (Wildman–Crippen MR) is 134 cm³/mol. The molecule has 1 aliphatic carbocycles. The Bertz CT molecular complexity index is 1270. The molecule has 1 heterocycles. The molecule has 4 rings (SSSR count). The molecule has 1 N–H and O–H groups in total. The number of aliphatic carboxylic acids is 1. The molecule has 1 saturated heterocycles. The molecule has 0 radical (unpaired) electrons. The average molecular weight is 507 g/mol. The molecule has 1 amide bonds. The summed E-state index contributed by atoms with van der Waals surface area (Å²) < 4.78 is 11.5. The van der Waals surface area contributed by atoms with Gasteiger partial charge >= 0.3 is 5.97 Å². The van der Waals surface area contributed by atoms with Crippen molar-refractivity contribution in [3.8, 4) is 6.07 Å². The number of allylic oxidation sites excluding steroid dienone is 2. The van der Waals surface area contributed by atoms with Crippen molar-refractivity contribution in [2.45, 2.75) is 42.9 Å². The standard InChI is InChI=1S/C28H27ClN2O5/c1-35-25-17-19(20-8-4-3-7-18(20)14-16-30)13-15-28(25,36-2)27(34)31-23(11-12-24(31)26(32)33)21-9-5-6-10-22(21)29/h3-10,13,15,17,19,23-24H,11-12,14H2,1-2H3,(H,32,33)/t19?,23-,24+,28?/m1/s1. The van der Waals surface area contributed by atoms with Crippen LogP contribution in [0.15, 0.2) is 72.5 Å². The number of amides is 1. The van der Waals surface area contributed by atoms with Crippen LogP contribution in [0, 0.1) is 11.3 Å². The van der Waals surface area contributed by atoms with Gasteiger partial charge in [0.1, 0.15) is 11.8 Å². The van der Waals surface area contributed by atoms with Crippen molar-refractivity contribution in [1.29, 1.82) is 5.26 Å². The molecule has 186 valence electrons. The van der Waals surface area contributed by atoms with Gasteiger partial charge in [-0.05, 0) is 47.8 Å². The molecule has 0 bridgehead atoms. The van der Waals surface area contributed by atoms with Gasteiger partial charge in [0.2, 0.25) is 5.60 Å². The molecule has 2 unspecified atom stereocenters. The van der Waals surface area contributed by atoms with Crippen molar-refractivity contribution < 1.29 is 24.2 Å². The maximum absolute atomic E-state index is 14.2. The zero-order valence-corrected chi connectivity index (χ0v) is 20.8. The van der Waals surface area contributed by atoms with Crippen LogP contribution in [-0.4, -0.2) is 47.7 Å². The first-order valence-electron chi connectivity index (χ1n) is 11.6. The second kappa shape index (κ2) is 10.6. The van der Waals surface area contributed by atoms with Crippen molar-refractivity contribution in [1.82, 2.24) is 4.90 Å². The molecule has 0 saturated carbocycles. The Kier molecular flexibility index (Phi) is 7.48. The van der Waals surface area contributed by atoms with Crippen LogP contribution in [0.3, 0.4) is 0 Å². The predicted octanol–water partition coefficient (Wildman–Crippen LogP) is 4.79. The number of hydrogen-bond donors (Lipinski definition) is 1. The van der Waals surface area contributed by atoms with Gasteiger partial charge in [0.25, 0.3) is 5.91 Å². The number of benzene rings is 2. The van der Waals surface area contributed by atoms with E-state index in [-0.39, 0.29) is 24.5 Å². The highest BCUT2D eigenvalue weighted by Crippen LogP contribution is 2.44. The van der Waals surface area contributed by atoms with Gasteiger partial charge in [0.15, 0.2) is 0 Å². The summed E-state index contributed by atoms with van der Waals surface area (Å²) in [4.78, 5) is 27.8. The largest absolute Gasteiger partial charge is 0.497 e. The van der Waals surface area contributed by atoms with Gasteiger partial charge in [-0.2, -0.15) is 5.26 Å². The molecular weight excluding hydrogens is 480 g/mol. The Balaban J connectivity index is 1.77. The van der Waals surface area contributed by atoms with Crippen LogP contribution in [0.1, 0.15) is 41.5 Å². The molecule has 2 aromatic rings. The van der Waals surface area contributed by atoms with Crippen LogP contribution < -0.4 is 0 Å². The number of carbonyl (C=O) groups is 2. The number of methoxy groups -OCH3 is 2. The third kappa shape index (κ3) is 4.39. The van der Waals surface area contributed by atoms with Gasteiger partial charge in [-0.3, -0.25) is 4.79 Å². The second-order valence-electron chi connectivity index (χ2n) is 8.77. The van der Waals surface area contributed by atoms with E-state index in [0.717, 1.165) is 11.1 Å². The van der Waals surface area contributed by atoms with Crippen LogP contribution in [-0.2, 0) is 25.5 Å². The van der Waals surface area contributed by atoms with Gasteiger partial charge in [0.05, 0.1) is 25.6 Å². The number of nitriles is 1. The fourth-order valence-corrected chi connectivity index (χ4v) is 5.46. The number of carboxylic acid groups (broad SMARTS) is 1. The summed E-state index contributed by atoms with van der Waals surface area (Å²) in [5.74, 6) is -1.62. The summed E-state index contributed by atoms with van der Waals surface area (Å²) >= 11 is 6.45. The first-order chi connectivity index (χ1) is 17.4. The number of carboxylic acids is 1. The Hall–Kier alpha value is -3.60. The Morgan fingerprint density at radius 1 is 1.14 bits per heavy atom. The molecular formula is C28H27ClN2O5. The summed E-state index contributed by atoms with van der Waals surface area (Å²) in [7, 11) is 2.85. The minimum absolute atomic E-state index is 0.249. The Labute approximate surface area is 215 Å². The second-order valence-corrected chi connectivity index (χ2v) is 9.18. The lowest BCUT2D eigenvalue weighted by atomic mass is 9.83. The van der Waals surface area contributed by atoms with E-state index < -0.39 is 29.6 Å². The molecule has 2 aromatic carbocycles. The highest BCUT2D eigenvalue weighted by Gasteiger charge is 2.53. The smallest absolute Gasteiger partial charge is 0.326 e. The van der Waals surface area contributed by atoms with Crippen LogP contribution in [0.25, 0.3) is 0 Å². The summed E-state index contributed by atoms with van der Waals surface area (Å²) in [6, 6.07) is 15.4. The summed E-state index contributed by atoms with van der Waals surface area (Å²) in [6.45, 7) is 0. The van der Waals surface area contributed by atoms with Crippen LogP contribution >= 0.6 is 11.6 Å². The highest BCUT2D eigenvalue weighted by molar-refractivity contribution is 6.31. The maximum atomic E-state index is 14.2. The molecule has 2 aliphatic rings. The van der Waals surface area contributed by atoms with Crippen LogP contribution in [0.2, 0.25) is 5.02 Å². The van der Waals surface area contributed by atoms with E-state index in [9.17, 15) is 20.0 Å². The molecule has 0 spiro atoms. The zero-order chi connectivity index (χ0) is 25.9. The van der Waals surface area contributed by atoms with E-state index in [0.29, 0.717) is 17.0 Å². The van der Waals surface area contributed by atoms with E-state index in [4.69, 9.17) is 21.1 Å². The third-order valence-electron chi connectivity index (χ3n) is 6.95. The van der Waals surface area contributed by atoms with Crippen LogP contribution in [0.5, 0.6) is 0 Å². The zero-order valence-electron chi connectivity index (χ0n) is 20.1. The Morgan fingerprint density at radius 2 is 1.83 bits per heavy atom. The van der Waals surface area contributed by atoms with Crippen LogP contribution in [0.4, 0.5) is 0 Å². The fourth-order valence-electron chi connectivity index (χ4n) is 5.19. The van der Waals surface area contributed by atoms with Gasteiger partial charge in [0, 0.05) is 18.1 Å². The first kappa shape index (κ1) is 25.5. The number of rotatable bonds is 7. The van der Waals surface area contributed by atoms with Crippen molar-refractivity contribution in [2.24, 2.45) is 0 Å². The lowest BCUT2D eigenvalue weighted by Gasteiger charge is -2.39. The molecule has 8 heteroatoms. The summed E-state index contributed by atoms with van der Waals surface area (Å²) in [5, 5.41) is 19.7. The topological polar surface area (TPSA) is 99.9 Å². The number of likely N-dealkylation sites (tertiary alicyclic amines) is 1. The quantitative estimate of drug-likeness (QED) is 0.542. The maximum Gasteiger partial charge on any atom is 0.326 e. The van der Waals surface area contributed by atoms with E-state index in [1.165, 1.54) is 19.1 Å². The normalized spacial score (nSPS) is 25.2. The van der Waals surface area contributed by atoms with Crippen molar-refractivity contribution in [3.63, 3.8) is 0 Å². The van der Waals surface area contributed by atoms with Gasteiger partial charge < -0.3 is 19.5 Å². The summed E-state index contributed by atoms with van der Waals surface area (Å²) in [5.41, 5.74) is 0.837. The number of nitrogens with zero attached hydrogens (tertiary/aromatic N) is 2. The lowest BCUT2D eigenvalue weighted by molar-refractivity contribution is -0.159. The number of halogens is 1. The third-order valence-corrected chi connectivity index (χ3v) is 7.29. The average Bonchev–Trinajstić information content (AvgIpc) is 3.34. The van der Waals surface area contributed by atoms with E-state index in [1.54, 1.807) is 24.3 Å². The van der Waals surface area contributed by atoms with Gasteiger partial charge in [-0.1, -0.05) is 60.1 Å². The molecule has 7 nitrogen and oxygen atoms in total. The minimum atomic E-state index is -1.65. The SMILES string of the molecule is COC1=CC(c2ccccc2CC#N)C=CC1(OC)C(=O)N1[C@@H](c2ccccc2Cl)CC[C@H]1C(=O)O. The van der Waals surface area contributed by atoms with Gasteiger partial charge in [-0.15, -0.1) is 0 Å². The Morgan fingerprint density at radius 3 is 2.47 bits per heavy atom. The summed E-state index contributed by atoms with van der Waals surface area (Å²) in [6.07, 6.45) is 6.23. The molecule has 1 fully saturated rings. The highest BCUT2D eigenvalue weighted by atomic mass is 35.5. The van der Waals surface area contributed by atoms with Crippen molar-refractivity contribution in [3.05, 3.63) is 94.2 Å². The molecule has 36 heavy (non-hydrogen) atoms. The fraction of sp³-hybridized carbons (Fsp3) is 0.321. The number of ether oxygens (including phenoxy) is 2. The van der Waals surface area contributed by atoms with E-state index in [2.05, 4.69) is 6.07 Å². The monoisotopic (exact) mass is 506 g/mol. The van der Waals surface area contributed by atoms with Crippen molar-refractivity contribution in [2.75, 3.05) is 14.2 Å². The molecule has 1 aliphatic heterocycles. The van der Waals surface area contributed by atoms with E-state index in [1.807, 2.05) is 42.5 Å².